The van der Waals surface area contributed by atoms with Crippen molar-refractivity contribution in [3.8, 4) is 0 Å². The maximum absolute atomic E-state index is 11.5. The highest BCUT2D eigenvalue weighted by molar-refractivity contribution is 5.79. The number of carbonyl (C=O) groups excluding carboxylic acids is 1. The van der Waals surface area contributed by atoms with Gasteiger partial charge < -0.3 is 16.0 Å². The van der Waals surface area contributed by atoms with Crippen molar-refractivity contribution in [2.75, 3.05) is 19.6 Å². The number of carbonyl (C=O) groups is 1. The number of guanidine groups is 1. The Morgan fingerprint density at radius 2 is 2.00 bits per heavy atom. The molecule has 1 aliphatic rings. The lowest BCUT2D eigenvalue weighted by Gasteiger charge is -2.10. The zero-order valence-electron chi connectivity index (χ0n) is 12.3. The van der Waals surface area contributed by atoms with Crippen molar-refractivity contribution >= 4 is 11.9 Å². The molecule has 1 rings (SSSR count). The normalized spacial score (nSPS) is 15.2. The van der Waals surface area contributed by atoms with Crippen molar-refractivity contribution in [2.45, 2.75) is 58.4 Å². The second kappa shape index (κ2) is 9.64. The molecule has 0 heterocycles. The maximum Gasteiger partial charge on any atom is 0.220 e. The van der Waals surface area contributed by atoms with Crippen LogP contribution in [0.3, 0.4) is 0 Å². The molecule has 0 saturated heterocycles. The average molecular weight is 268 g/mol. The lowest BCUT2D eigenvalue weighted by molar-refractivity contribution is -0.121. The minimum atomic E-state index is 0.168. The second-order valence-electron chi connectivity index (χ2n) is 4.99. The molecule has 0 aromatic carbocycles. The summed E-state index contributed by atoms with van der Waals surface area (Å²) >= 11 is 0. The van der Waals surface area contributed by atoms with Gasteiger partial charge in [-0.1, -0.05) is 13.3 Å². The van der Waals surface area contributed by atoms with Crippen LogP contribution in [-0.4, -0.2) is 37.5 Å². The van der Waals surface area contributed by atoms with Crippen molar-refractivity contribution in [3.63, 3.8) is 0 Å². The standard InChI is InChI=1S/C14H28N4O/c1-3-5-10-16-14(15-4-2)17-11-6-7-13(19)18-12-8-9-12/h12H,3-11H2,1-2H3,(H,18,19)(H2,15,16,17). The molecule has 0 atom stereocenters. The third kappa shape index (κ3) is 8.46. The van der Waals surface area contributed by atoms with Gasteiger partial charge in [-0.25, -0.2) is 0 Å². The highest BCUT2D eigenvalue weighted by Crippen LogP contribution is 2.18. The van der Waals surface area contributed by atoms with Gasteiger partial charge in [0.1, 0.15) is 0 Å². The van der Waals surface area contributed by atoms with Crippen molar-refractivity contribution in [1.29, 1.82) is 0 Å². The topological polar surface area (TPSA) is 65.5 Å². The fourth-order valence-electron chi connectivity index (χ4n) is 1.68. The van der Waals surface area contributed by atoms with Crippen molar-refractivity contribution in [3.05, 3.63) is 0 Å². The first kappa shape index (κ1) is 15.8. The number of aliphatic imine (C=N–C) groups is 1. The van der Waals surface area contributed by atoms with Crippen LogP contribution in [0.4, 0.5) is 0 Å². The maximum atomic E-state index is 11.5. The lowest BCUT2D eigenvalue weighted by atomic mass is 10.3. The molecule has 0 aliphatic heterocycles. The summed E-state index contributed by atoms with van der Waals surface area (Å²) in [7, 11) is 0. The Hall–Kier alpha value is -1.26. The summed E-state index contributed by atoms with van der Waals surface area (Å²) in [6.07, 6.45) is 6.00. The van der Waals surface area contributed by atoms with Crippen molar-refractivity contribution in [1.82, 2.24) is 16.0 Å². The first-order chi connectivity index (χ1) is 9.26. The van der Waals surface area contributed by atoms with Gasteiger partial charge in [0.05, 0.1) is 0 Å². The van der Waals surface area contributed by atoms with E-state index in [1.54, 1.807) is 0 Å². The van der Waals surface area contributed by atoms with E-state index in [-0.39, 0.29) is 5.91 Å². The summed E-state index contributed by atoms with van der Waals surface area (Å²) in [5, 5.41) is 9.49. The van der Waals surface area contributed by atoms with E-state index in [4.69, 9.17) is 0 Å². The Bertz CT molecular complexity index is 287. The van der Waals surface area contributed by atoms with E-state index >= 15 is 0 Å². The number of hydrogen-bond donors (Lipinski definition) is 3. The summed E-state index contributed by atoms with van der Waals surface area (Å²) in [5.41, 5.74) is 0. The highest BCUT2D eigenvalue weighted by Gasteiger charge is 2.22. The second-order valence-corrected chi connectivity index (χ2v) is 4.99. The van der Waals surface area contributed by atoms with Crippen LogP contribution in [0.5, 0.6) is 0 Å². The molecular formula is C14H28N4O. The zero-order valence-corrected chi connectivity index (χ0v) is 12.3. The number of unbranched alkanes of at least 4 members (excludes halogenated alkanes) is 1. The predicted molar refractivity (Wildman–Crippen MR) is 79.3 cm³/mol. The smallest absolute Gasteiger partial charge is 0.220 e. The molecular weight excluding hydrogens is 240 g/mol. The molecule has 1 fully saturated rings. The van der Waals surface area contributed by atoms with Gasteiger partial charge in [-0.3, -0.25) is 9.79 Å². The number of hydrogen-bond acceptors (Lipinski definition) is 2. The summed E-state index contributed by atoms with van der Waals surface area (Å²) in [5.74, 6) is 1.03. The summed E-state index contributed by atoms with van der Waals surface area (Å²) in [6, 6.07) is 0.462. The predicted octanol–water partition coefficient (Wildman–Crippen LogP) is 1.40. The van der Waals surface area contributed by atoms with Crippen LogP contribution in [0, 0.1) is 0 Å². The number of amides is 1. The number of nitrogens with one attached hydrogen (secondary N) is 3. The molecule has 1 saturated carbocycles. The Labute approximate surface area is 116 Å². The van der Waals surface area contributed by atoms with Crippen LogP contribution in [-0.2, 0) is 4.79 Å². The fourth-order valence-corrected chi connectivity index (χ4v) is 1.68. The monoisotopic (exact) mass is 268 g/mol. The van der Waals surface area contributed by atoms with Gasteiger partial charge in [0, 0.05) is 32.1 Å². The van der Waals surface area contributed by atoms with Gasteiger partial charge in [0.15, 0.2) is 5.96 Å². The van der Waals surface area contributed by atoms with E-state index in [9.17, 15) is 4.79 Å². The van der Waals surface area contributed by atoms with Crippen LogP contribution >= 0.6 is 0 Å². The Morgan fingerprint density at radius 1 is 1.21 bits per heavy atom. The van der Waals surface area contributed by atoms with E-state index in [1.807, 2.05) is 0 Å². The third-order valence-corrected chi connectivity index (χ3v) is 2.94. The molecule has 0 radical (unpaired) electrons. The minimum absolute atomic E-state index is 0.168. The van der Waals surface area contributed by atoms with E-state index in [2.05, 4.69) is 34.8 Å². The third-order valence-electron chi connectivity index (χ3n) is 2.94. The summed E-state index contributed by atoms with van der Waals surface area (Å²) < 4.78 is 0. The van der Waals surface area contributed by atoms with Crippen LogP contribution in [0.25, 0.3) is 0 Å². The van der Waals surface area contributed by atoms with E-state index in [1.165, 1.54) is 6.42 Å². The van der Waals surface area contributed by atoms with Crippen molar-refractivity contribution in [2.24, 2.45) is 4.99 Å². The van der Waals surface area contributed by atoms with Crippen LogP contribution < -0.4 is 16.0 Å². The molecule has 0 spiro atoms. The van der Waals surface area contributed by atoms with E-state index in [0.717, 1.165) is 44.7 Å². The average Bonchev–Trinajstić information content (AvgIpc) is 3.18. The Balaban J connectivity index is 2.12. The molecule has 5 nitrogen and oxygen atoms in total. The molecule has 110 valence electrons. The quantitative estimate of drug-likeness (QED) is 0.336. The minimum Gasteiger partial charge on any atom is -0.357 e. The first-order valence-electron chi connectivity index (χ1n) is 7.57. The first-order valence-corrected chi connectivity index (χ1v) is 7.57. The summed E-state index contributed by atoms with van der Waals surface area (Å²) in [4.78, 5) is 16.0. The molecule has 3 N–H and O–H groups in total. The van der Waals surface area contributed by atoms with Crippen LogP contribution in [0.15, 0.2) is 4.99 Å². The van der Waals surface area contributed by atoms with Gasteiger partial charge in [0.2, 0.25) is 5.91 Å². The largest absolute Gasteiger partial charge is 0.357 e. The SMILES string of the molecule is CCCCNC(=NCCCC(=O)NC1CC1)NCC. The van der Waals surface area contributed by atoms with Gasteiger partial charge in [-0.15, -0.1) is 0 Å². The van der Waals surface area contributed by atoms with E-state index < -0.39 is 0 Å². The lowest BCUT2D eigenvalue weighted by Crippen LogP contribution is -2.37. The number of rotatable bonds is 9. The fraction of sp³-hybridized carbons (Fsp3) is 0.857. The van der Waals surface area contributed by atoms with Gasteiger partial charge >= 0.3 is 0 Å². The molecule has 1 amide bonds. The van der Waals surface area contributed by atoms with Crippen LogP contribution in [0.2, 0.25) is 0 Å². The van der Waals surface area contributed by atoms with E-state index in [0.29, 0.717) is 19.0 Å². The molecule has 1 aliphatic carbocycles. The van der Waals surface area contributed by atoms with Gasteiger partial charge in [0.25, 0.3) is 0 Å². The molecule has 5 heteroatoms. The highest BCUT2D eigenvalue weighted by atomic mass is 16.1. The van der Waals surface area contributed by atoms with Crippen LogP contribution in [0.1, 0.15) is 52.4 Å². The van der Waals surface area contributed by atoms with Crippen molar-refractivity contribution < 1.29 is 4.79 Å². The Morgan fingerprint density at radius 3 is 2.63 bits per heavy atom. The zero-order chi connectivity index (χ0) is 13.9. The Kier molecular flexibility index (Phi) is 8.02. The van der Waals surface area contributed by atoms with Gasteiger partial charge in [-0.2, -0.15) is 0 Å². The molecule has 0 unspecified atom stereocenters. The molecule has 0 aromatic rings. The molecule has 19 heavy (non-hydrogen) atoms. The summed E-state index contributed by atoms with van der Waals surface area (Å²) in [6.45, 7) is 6.73. The molecule has 0 bridgehead atoms. The molecule has 0 aromatic heterocycles. The van der Waals surface area contributed by atoms with Gasteiger partial charge in [-0.05, 0) is 32.6 Å². The number of nitrogens with zero attached hydrogens (tertiary/aromatic N) is 1.